The molecule has 1 N–H and O–H groups in total. The fourth-order valence-electron chi connectivity index (χ4n) is 2.37. The van der Waals surface area contributed by atoms with E-state index in [1.807, 2.05) is 6.07 Å². The van der Waals surface area contributed by atoms with Crippen molar-refractivity contribution in [3.8, 4) is 0 Å². The van der Waals surface area contributed by atoms with E-state index in [2.05, 4.69) is 0 Å². The maximum Gasteiger partial charge on any atom is 0.263 e. The van der Waals surface area contributed by atoms with E-state index in [1.165, 1.54) is 17.4 Å². The molecular weight excluding hydrogens is 289 g/mol. The molecule has 2 aromatic rings. The van der Waals surface area contributed by atoms with Gasteiger partial charge in [-0.2, -0.15) is 0 Å². The smallest absolute Gasteiger partial charge is 0.263 e. The highest BCUT2D eigenvalue weighted by Gasteiger charge is 2.20. The molecule has 2 rings (SSSR count). The van der Waals surface area contributed by atoms with Gasteiger partial charge in [0.15, 0.2) is 0 Å². The van der Waals surface area contributed by atoms with E-state index in [0.29, 0.717) is 16.8 Å². The Morgan fingerprint density at radius 1 is 1.33 bits per heavy atom. The average Bonchev–Trinajstić information content (AvgIpc) is 2.81. The molecule has 0 saturated heterocycles. The van der Waals surface area contributed by atoms with Crippen LogP contribution in [0.4, 0.5) is 4.39 Å². The van der Waals surface area contributed by atoms with Crippen LogP contribution in [0.5, 0.6) is 0 Å². The number of nitrogens with zero attached hydrogens (tertiary/aromatic N) is 1. The number of thiophene rings is 1. The van der Waals surface area contributed by atoms with E-state index in [9.17, 15) is 9.18 Å². The molecule has 0 fully saturated rings. The molecule has 0 saturated carbocycles. The van der Waals surface area contributed by atoms with Gasteiger partial charge >= 0.3 is 0 Å². The molecule has 1 aromatic heterocycles. The Morgan fingerprint density at radius 3 is 2.76 bits per heavy atom. The van der Waals surface area contributed by atoms with Crippen LogP contribution in [0.15, 0.2) is 18.2 Å². The molecule has 1 amide bonds. The summed E-state index contributed by atoms with van der Waals surface area (Å²) in [5.41, 5.74) is 0.723. The quantitative estimate of drug-likeness (QED) is 0.829. The minimum Gasteiger partial charge on any atom is -0.396 e. The summed E-state index contributed by atoms with van der Waals surface area (Å²) in [6, 6.07) is 4.93. The molecule has 1 aromatic carbocycles. The van der Waals surface area contributed by atoms with Crippen LogP contribution in [0.2, 0.25) is 0 Å². The Labute approximate surface area is 128 Å². The second-order valence-electron chi connectivity index (χ2n) is 5.18. The summed E-state index contributed by atoms with van der Waals surface area (Å²) in [7, 11) is 1.77. The van der Waals surface area contributed by atoms with Gasteiger partial charge in [0.25, 0.3) is 5.91 Å². The molecule has 0 aliphatic rings. The van der Waals surface area contributed by atoms with Crippen molar-refractivity contribution in [2.75, 3.05) is 20.2 Å². The van der Waals surface area contributed by atoms with E-state index >= 15 is 0 Å². The van der Waals surface area contributed by atoms with Crippen molar-refractivity contribution in [3.63, 3.8) is 0 Å². The van der Waals surface area contributed by atoms with Crippen LogP contribution in [-0.2, 0) is 0 Å². The number of aliphatic hydroxyl groups excluding tert-OH is 1. The zero-order valence-electron chi connectivity index (χ0n) is 12.4. The number of unbranched alkanes of at least 4 members (excludes halogenated alkanes) is 2. The molecule has 0 aliphatic heterocycles. The number of rotatable bonds is 6. The topological polar surface area (TPSA) is 40.5 Å². The van der Waals surface area contributed by atoms with Crippen LogP contribution < -0.4 is 0 Å². The summed E-state index contributed by atoms with van der Waals surface area (Å²) in [6.45, 7) is 2.64. The van der Waals surface area contributed by atoms with Gasteiger partial charge in [-0.05, 0) is 43.9 Å². The Balaban J connectivity index is 2.16. The van der Waals surface area contributed by atoms with Gasteiger partial charge in [-0.1, -0.05) is 6.07 Å². The number of amides is 1. The van der Waals surface area contributed by atoms with Crippen molar-refractivity contribution in [3.05, 3.63) is 34.5 Å². The summed E-state index contributed by atoms with van der Waals surface area (Å²) in [5, 5.41) is 9.30. The third-order valence-corrected chi connectivity index (χ3v) is 4.84. The summed E-state index contributed by atoms with van der Waals surface area (Å²) in [6.07, 6.45) is 2.52. The number of fused-ring (bicyclic) bond motifs is 1. The second kappa shape index (κ2) is 7.00. The molecule has 21 heavy (non-hydrogen) atoms. The first-order chi connectivity index (χ1) is 10.1. The number of carbonyl (C=O) groups excluding carboxylic acids is 1. The van der Waals surface area contributed by atoms with Gasteiger partial charge in [0.05, 0.1) is 4.88 Å². The molecule has 1 heterocycles. The first kappa shape index (κ1) is 15.9. The van der Waals surface area contributed by atoms with Crippen LogP contribution in [0.1, 0.15) is 34.5 Å². The zero-order valence-corrected chi connectivity index (χ0v) is 13.2. The summed E-state index contributed by atoms with van der Waals surface area (Å²) >= 11 is 1.35. The van der Waals surface area contributed by atoms with Gasteiger partial charge in [0.2, 0.25) is 0 Å². The number of hydrogen-bond acceptors (Lipinski definition) is 3. The minimum atomic E-state index is -0.272. The molecule has 0 unspecified atom stereocenters. The molecule has 114 valence electrons. The van der Waals surface area contributed by atoms with Crippen LogP contribution in [0, 0.1) is 12.7 Å². The monoisotopic (exact) mass is 309 g/mol. The first-order valence-electron chi connectivity index (χ1n) is 7.10. The number of aliphatic hydroxyl groups is 1. The molecular formula is C16H20FNO2S. The Morgan fingerprint density at radius 2 is 2.10 bits per heavy atom. The lowest BCUT2D eigenvalue weighted by Gasteiger charge is -2.16. The van der Waals surface area contributed by atoms with Gasteiger partial charge in [0, 0.05) is 30.3 Å². The fraction of sp³-hybridized carbons (Fsp3) is 0.438. The Kier molecular flexibility index (Phi) is 5.31. The third kappa shape index (κ3) is 3.41. The number of hydrogen-bond donors (Lipinski definition) is 1. The van der Waals surface area contributed by atoms with Crippen LogP contribution >= 0.6 is 11.3 Å². The molecule has 3 nitrogen and oxygen atoms in total. The average molecular weight is 309 g/mol. The predicted molar refractivity (Wildman–Crippen MR) is 84.4 cm³/mol. The lowest BCUT2D eigenvalue weighted by molar-refractivity contribution is 0.0796. The van der Waals surface area contributed by atoms with Gasteiger partial charge in [0.1, 0.15) is 5.82 Å². The molecule has 0 atom stereocenters. The number of aryl methyl sites for hydroxylation is 1. The Hall–Kier alpha value is -1.46. The van der Waals surface area contributed by atoms with Crippen molar-refractivity contribution in [1.29, 1.82) is 0 Å². The van der Waals surface area contributed by atoms with E-state index in [1.54, 1.807) is 24.9 Å². The van der Waals surface area contributed by atoms with Gasteiger partial charge in [-0.25, -0.2) is 4.39 Å². The van der Waals surface area contributed by atoms with Crippen molar-refractivity contribution >= 4 is 27.3 Å². The number of carbonyl (C=O) groups is 1. The third-order valence-electron chi connectivity index (χ3n) is 3.60. The van der Waals surface area contributed by atoms with Gasteiger partial charge < -0.3 is 10.0 Å². The highest BCUT2D eigenvalue weighted by molar-refractivity contribution is 7.21. The van der Waals surface area contributed by atoms with E-state index in [4.69, 9.17) is 5.11 Å². The second-order valence-corrected chi connectivity index (χ2v) is 6.23. The van der Waals surface area contributed by atoms with Gasteiger partial charge in [-0.15, -0.1) is 11.3 Å². The summed E-state index contributed by atoms with van der Waals surface area (Å²) in [4.78, 5) is 14.8. The normalized spacial score (nSPS) is 11.0. The molecule has 5 heteroatoms. The van der Waals surface area contributed by atoms with Crippen LogP contribution in [0.25, 0.3) is 10.1 Å². The van der Waals surface area contributed by atoms with Gasteiger partial charge in [-0.3, -0.25) is 4.79 Å². The van der Waals surface area contributed by atoms with Crippen molar-refractivity contribution in [2.45, 2.75) is 26.2 Å². The Bertz CT molecular complexity index is 638. The molecule has 0 bridgehead atoms. The van der Waals surface area contributed by atoms with Crippen LogP contribution in [-0.4, -0.2) is 36.1 Å². The maximum atomic E-state index is 13.9. The standard InChI is InChI=1S/C16H20FNO2S/c1-11-14-12(17)7-6-8-13(14)21-15(11)16(20)18(2)9-4-3-5-10-19/h6-8,19H,3-5,9-10H2,1-2H3. The predicted octanol–water partition coefficient (Wildman–Crippen LogP) is 3.58. The summed E-state index contributed by atoms with van der Waals surface area (Å²) < 4.78 is 14.7. The lowest BCUT2D eigenvalue weighted by atomic mass is 10.1. The highest BCUT2D eigenvalue weighted by Crippen LogP contribution is 2.33. The van der Waals surface area contributed by atoms with E-state index in [-0.39, 0.29) is 18.3 Å². The van der Waals surface area contributed by atoms with E-state index < -0.39 is 0 Å². The largest absolute Gasteiger partial charge is 0.396 e. The highest BCUT2D eigenvalue weighted by atomic mass is 32.1. The molecule has 0 radical (unpaired) electrons. The fourth-order valence-corrected chi connectivity index (χ4v) is 3.59. The van der Waals surface area contributed by atoms with Crippen molar-refractivity contribution < 1.29 is 14.3 Å². The van der Waals surface area contributed by atoms with Crippen LogP contribution in [0.3, 0.4) is 0 Å². The molecule has 0 spiro atoms. The van der Waals surface area contributed by atoms with Crippen molar-refractivity contribution in [2.24, 2.45) is 0 Å². The molecule has 0 aliphatic carbocycles. The summed E-state index contributed by atoms with van der Waals surface area (Å²) in [5.74, 6) is -0.331. The van der Waals surface area contributed by atoms with Crippen molar-refractivity contribution in [1.82, 2.24) is 4.90 Å². The SMILES string of the molecule is Cc1c(C(=O)N(C)CCCCCO)sc2cccc(F)c12. The van der Waals surface area contributed by atoms with E-state index in [0.717, 1.165) is 29.5 Å². The lowest BCUT2D eigenvalue weighted by Crippen LogP contribution is -2.27. The maximum absolute atomic E-state index is 13.9. The minimum absolute atomic E-state index is 0.0582. The first-order valence-corrected chi connectivity index (χ1v) is 7.92. The number of benzene rings is 1. The zero-order chi connectivity index (χ0) is 15.4. The number of halogens is 1.